The molecule has 2 saturated heterocycles. The largest absolute Gasteiger partial charge is 0.381 e. The van der Waals surface area contributed by atoms with E-state index in [2.05, 4.69) is 37.8 Å². The predicted octanol–water partition coefficient (Wildman–Crippen LogP) is 3.74. The summed E-state index contributed by atoms with van der Waals surface area (Å²) < 4.78 is 35.5. The summed E-state index contributed by atoms with van der Waals surface area (Å²) in [5.41, 5.74) is 5.48. The molecule has 11 heteroatoms. The van der Waals surface area contributed by atoms with Crippen molar-refractivity contribution in [3.63, 3.8) is 0 Å². The third-order valence-electron chi connectivity index (χ3n) is 7.51. The number of nitrogens with zero attached hydrogens (tertiary/aromatic N) is 5. The van der Waals surface area contributed by atoms with Gasteiger partial charge in [0, 0.05) is 60.6 Å². The molecule has 1 aromatic carbocycles. The van der Waals surface area contributed by atoms with Gasteiger partial charge in [0.15, 0.2) is 5.65 Å². The average molecular weight is 522 g/mol. The minimum absolute atomic E-state index is 0.218. The van der Waals surface area contributed by atoms with Gasteiger partial charge in [-0.25, -0.2) is 23.1 Å². The van der Waals surface area contributed by atoms with Crippen molar-refractivity contribution >= 4 is 26.9 Å². The molecule has 0 bridgehead atoms. The van der Waals surface area contributed by atoms with E-state index in [1.54, 1.807) is 18.3 Å². The zero-order valence-electron chi connectivity index (χ0n) is 21.0. The first-order chi connectivity index (χ1) is 17.9. The molecule has 0 spiro atoms. The van der Waals surface area contributed by atoms with Gasteiger partial charge in [0.25, 0.3) is 0 Å². The molecular weight excluding hydrogens is 490 g/mol. The maximum Gasteiger partial charge on any atom is 0.240 e. The molecule has 2 aliphatic heterocycles. The molecular formula is C26H31N7O3S. The third-order valence-corrected chi connectivity index (χ3v) is 8.90. The Hall–Kier alpha value is -3.28. The van der Waals surface area contributed by atoms with Crippen molar-refractivity contribution in [2.45, 2.75) is 49.6 Å². The highest BCUT2D eigenvalue weighted by atomic mass is 32.2. The molecule has 10 nitrogen and oxygen atoms in total. The molecule has 5 heterocycles. The Balaban J connectivity index is 1.42. The Labute approximate surface area is 216 Å². The smallest absolute Gasteiger partial charge is 0.240 e. The lowest BCUT2D eigenvalue weighted by atomic mass is 10.1. The van der Waals surface area contributed by atoms with Crippen LogP contribution in [0.3, 0.4) is 0 Å². The fourth-order valence-electron chi connectivity index (χ4n) is 5.36. The van der Waals surface area contributed by atoms with Crippen LogP contribution in [-0.4, -0.2) is 66.0 Å². The van der Waals surface area contributed by atoms with E-state index in [9.17, 15) is 8.42 Å². The van der Waals surface area contributed by atoms with Crippen molar-refractivity contribution in [2.24, 2.45) is 0 Å². The molecule has 194 valence electrons. The number of anilines is 1. The molecule has 37 heavy (non-hydrogen) atoms. The molecule has 6 rings (SSSR count). The lowest BCUT2D eigenvalue weighted by Crippen LogP contribution is -2.27. The van der Waals surface area contributed by atoms with Crippen LogP contribution in [0.15, 0.2) is 47.9 Å². The van der Waals surface area contributed by atoms with Gasteiger partial charge in [0.1, 0.15) is 5.52 Å². The molecule has 3 aromatic heterocycles. The summed E-state index contributed by atoms with van der Waals surface area (Å²) in [4.78, 5) is 15.3. The van der Waals surface area contributed by atoms with Crippen LogP contribution in [0.5, 0.6) is 0 Å². The van der Waals surface area contributed by atoms with E-state index in [4.69, 9.17) is 9.72 Å². The van der Waals surface area contributed by atoms with E-state index in [1.807, 2.05) is 23.1 Å². The molecule has 4 aromatic rings. The van der Waals surface area contributed by atoms with Crippen LogP contribution in [-0.2, 0) is 14.8 Å². The van der Waals surface area contributed by atoms with E-state index in [0.29, 0.717) is 29.0 Å². The Kier molecular flexibility index (Phi) is 6.21. The van der Waals surface area contributed by atoms with E-state index >= 15 is 0 Å². The van der Waals surface area contributed by atoms with Gasteiger partial charge in [0.2, 0.25) is 10.0 Å². The van der Waals surface area contributed by atoms with Crippen molar-refractivity contribution in [3.05, 3.63) is 43.0 Å². The van der Waals surface area contributed by atoms with Crippen LogP contribution < -0.4 is 9.62 Å². The maximum atomic E-state index is 12.8. The summed E-state index contributed by atoms with van der Waals surface area (Å²) in [6.07, 6.45) is 11.6. The standard InChI is InChI=1S/C26H31N7O3S/c1-17-4-3-7-32(17)21-10-18(11-22(12-21)37(34,35)27-2)24-15-29-26-25(31-24)23(14-28-26)19-13-30-33(16-19)20-5-8-36-9-6-20/h10-17,20,27H,3-9H2,1-2H3,(H,28,29)/t17-/m1/s1. The molecule has 0 amide bonds. The molecule has 0 saturated carbocycles. The Morgan fingerprint density at radius 3 is 2.70 bits per heavy atom. The van der Waals surface area contributed by atoms with E-state index < -0.39 is 10.0 Å². The molecule has 0 unspecified atom stereocenters. The first kappa shape index (κ1) is 24.1. The minimum atomic E-state index is -3.64. The highest BCUT2D eigenvalue weighted by molar-refractivity contribution is 7.89. The second kappa shape index (κ2) is 9.55. The van der Waals surface area contributed by atoms with Gasteiger partial charge in [-0.05, 0) is 57.9 Å². The number of fused-ring (bicyclic) bond motifs is 1. The zero-order valence-corrected chi connectivity index (χ0v) is 21.8. The molecule has 2 fully saturated rings. The van der Waals surface area contributed by atoms with Crippen LogP contribution in [0.25, 0.3) is 33.5 Å². The van der Waals surface area contributed by atoms with Crippen LogP contribution in [0, 0.1) is 0 Å². The number of benzene rings is 1. The maximum absolute atomic E-state index is 12.8. The molecule has 0 radical (unpaired) electrons. The summed E-state index contributed by atoms with van der Waals surface area (Å²) in [6.45, 7) is 4.57. The SMILES string of the molecule is CNS(=O)(=O)c1cc(-c2cnc3[nH]cc(-c4cnn(C5CCOCC5)c4)c3n2)cc(N2CCC[C@H]2C)c1. The van der Waals surface area contributed by atoms with Crippen molar-refractivity contribution in [2.75, 3.05) is 31.7 Å². The quantitative estimate of drug-likeness (QED) is 0.397. The van der Waals surface area contributed by atoms with Crippen molar-refractivity contribution in [1.29, 1.82) is 0 Å². The number of hydrogen-bond acceptors (Lipinski definition) is 7. The second-order valence-corrected chi connectivity index (χ2v) is 11.7. The summed E-state index contributed by atoms with van der Waals surface area (Å²) >= 11 is 0. The fraction of sp³-hybridized carbons (Fsp3) is 0.423. The third kappa shape index (κ3) is 4.51. The Morgan fingerprint density at radius 2 is 1.95 bits per heavy atom. The van der Waals surface area contributed by atoms with Gasteiger partial charge in [-0.3, -0.25) is 4.68 Å². The average Bonchev–Trinajstić information content (AvgIpc) is 3.68. The van der Waals surface area contributed by atoms with Gasteiger partial charge in [0.05, 0.1) is 29.0 Å². The Bertz CT molecular complexity index is 1540. The van der Waals surface area contributed by atoms with Crippen LogP contribution in [0.4, 0.5) is 5.69 Å². The molecule has 1 atom stereocenters. The van der Waals surface area contributed by atoms with Gasteiger partial charge < -0.3 is 14.6 Å². The summed E-state index contributed by atoms with van der Waals surface area (Å²) in [5.74, 6) is 0. The van der Waals surface area contributed by atoms with Crippen LogP contribution >= 0.6 is 0 Å². The normalized spacial score (nSPS) is 19.2. The molecule has 2 aliphatic rings. The lowest BCUT2D eigenvalue weighted by molar-refractivity contribution is 0.0662. The number of nitrogens with one attached hydrogen (secondary N) is 2. The lowest BCUT2D eigenvalue weighted by Gasteiger charge is -2.25. The number of aromatic nitrogens is 5. The summed E-state index contributed by atoms with van der Waals surface area (Å²) in [6, 6.07) is 6.11. The van der Waals surface area contributed by atoms with E-state index in [1.165, 1.54) is 7.05 Å². The van der Waals surface area contributed by atoms with E-state index in [0.717, 1.165) is 67.8 Å². The fourth-order valence-corrected chi connectivity index (χ4v) is 6.16. The first-order valence-electron chi connectivity index (χ1n) is 12.7. The van der Waals surface area contributed by atoms with Gasteiger partial charge in [-0.1, -0.05) is 0 Å². The predicted molar refractivity (Wildman–Crippen MR) is 142 cm³/mol. The second-order valence-electron chi connectivity index (χ2n) is 9.82. The topological polar surface area (TPSA) is 118 Å². The summed E-state index contributed by atoms with van der Waals surface area (Å²) in [7, 11) is -2.21. The number of rotatable bonds is 6. The van der Waals surface area contributed by atoms with Gasteiger partial charge >= 0.3 is 0 Å². The van der Waals surface area contributed by atoms with Gasteiger partial charge in [-0.15, -0.1) is 0 Å². The summed E-state index contributed by atoms with van der Waals surface area (Å²) in [5, 5.41) is 4.61. The number of aromatic amines is 1. The van der Waals surface area contributed by atoms with Crippen LogP contribution in [0.2, 0.25) is 0 Å². The zero-order chi connectivity index (χ0) is 25.6. The monoisotopic (exact) mass is 521 g/mol. The van der Waals surface area contributed by atoms with Crippen molar-refractivity contribution in [3.8, 4) is 22.4 Å². The molecule has 0 aliphatic carbocycles. The van der Waals surface area contributed by atoms with Crippen molar-refractivity contribution in [1.82, 2.24) is 29.5 Å². The van der Waals surface area contributed by atoms with E-state index in [-0.39, 0.29) is 4.90 Å². The number of hydrogen-bond donors (Lipinski definition) is 2. The van der Waals surface area contributed by atoms with Gasteiger partial charge in [-0.2, -0.15) is 5.10 Å². The Morgan fingerprint density at radius 1 is 1.11 bits per heavy atom. The van der Waals surface area contributed by atoms with Crippen LogP contribution in [0.1, 0.15) is 38.6 Å². The number of sulfonamides is 1. The van der Waals surface area contributed by atoms with Crippen molar-refractivity contribution < 1.29 is 13.2 Å². The minimum Gasteiger partial charge on any atom is -0.381 e. The highest BCUT2D eigenvalue weighted by Crippen LogP contribution is 2.34. The highest BCUT2D eigenvalue weighted by Gasteiger charge is 2.24. The number of ether oxygens (including phenoxy) is 1. The number of H-pyrrole nitrogens is 1. The molecule has 2 N–H and O–H groups in total. The first-order valence-corrected chi connectivity index (χ1v) is 14.2.